The Bertz CT molecular complexity index is 225. The van der Waals surface area contributed by atoms with Crippen molar-refractivity contribution < 1.29 is 4.74 Å². The monoisotopic (exact) mass is 253 g/mol. The first-order valence-corrected chi connectivity index (χ1v) is 7.94. The standard InChI is InChI=1S/C16H31NO/c1-3-5-6-7-8-9-12-15(17-4-2)16-13-10-11-14-18-16/h13,15,17H,3-12,14H2,1-2H3. The van der Waals surface area contributed by atoms with Gasteiger partial charge in [-0.15, -0.1) is 0 Å². The highest BCUT2D eigenvalue weighted by atomic mass is 16.5. The van der Waals surface area contributed by atoms with Gasteiger partial charge in [0.05, 0.1) is 12.6 Å². The number of rotatable bonds is 10. The molecule has 0 radical (unpaired) electrons. The van der Waals surface area contributed by atoms with Crippen LogP contribution in [0.1, 0.15) is 71.6 Å². The number of allylic oxidation sites excluding steroid dienone is 1. The van der Waals surface area contributed by atoms with Crippen LogP contribution in [0.3, 0.4) is 0 Å². The van der Waals surface area contributed by atoms with Crippen LogP contribution >= 0.6 is 0 Å². The van der Waals surface area contributed by atoms with Crippen molar-refractivity contribution in [2.75, 3.05) is 13.2 Å². The molecular weight excluding hydrogens is 222 g/mol. The molecule has 0 aromatic heterocycles. The van der Waals surface area contributed by atoms with Gasteiger partial charge in [-0.1, -0.05) is 52.4 Å². The molecule has 1 atom stereocenters. The van der Waals surface area contributed by atoms with Gasteiger partial charge in [0, 0.05) is 0 Å². The third kappa shape index (κ3) is 6.44. The molecule has 2 heteroatoms. The lowest BCUT2D eigenvalue weighted by Crippen LogP contribution is -2.32. The summed E-state index contributed by atoms with van der Waals surface area (Å²) in [7, 11) is 0. The van der Waals surface area contributed by atoms with E-state index in [1.807, 2.05) is 0 Å². The summed E-state index contributed by atoms with van der Waals surface area (Å²) in [5.74, 6) is 1.21. The van der Waals surface area contributed by atoms with Gasteiger partial charge in [0.25, 0.3) is 0 Å². The normalized spacial score (nSPS) is 17.1. The number of hydrogen-bond acceptors (Lipinski definition) is 2. The summed E-state index contributed by atoms with van der Waals surface area (Å²) >= 11 is 0. The Morgan fingerprint density at radius 2 is 1.94 bits per heavy atom. The molecule has 1 rings (SSSR count). The van der Waals surface area contributed by atoms with E-state index in [0.29, 0.717) is 6.04 Å². The lowest BCUT2D eigenvalue weighted by Gasteiger charge is -2.24. The Kier molecular flexibility index (Phi) is 9.01. The fourth-order valence-corrected chi connectivity index (χ4v) is 2.54. The van der Waals surface area contributed by atoms with Crippen molar-refractivity contribution in [3.63, 3.8) is 0 Å². The quantitative estimate of drug-likeness (QED) is 0.582. The molecule has 1 unspecified atom stereocenters. The van der Waals surface area contributed by atoms with E-state index in [4.69, 9.17) is 4.74 Å². The van der Waals surface area contributed by atoms with E-state index in [0.717, 1.165) is 13.2 Å². The summed E-state index contributed by atoms with van der Waals surface area (Å²) < 4.78 is 5.79. The Morgan fingerprint density at radius 3 is 2.61 bits per heavy atom. The Labute approximate surface area is 113 Å². The van der Waals surface area contributed by atoms with E-state index < -0.39 is 0 Å². The molecule has 106 valence electrons. The topological polar surface area (TPSA) is 21.3 Å². The van der Waals surface area contributed by atoms with Gasteiger partial charge in [0.15, 0.2) is 0 Å². The third-order valence-electron chi connectivity index (χ3n) is 3.60. The van der Waals surface area contributed by atoms with Gasteiger partial charge in [-0.3, -0.25) is 0 Å². The molecule has 1 aliphatic heterocycles. The van der Waals surface area contributed by atoms with E-state index in [1.54, 1.807) is 0 Å². The van der Waals surface area contributed by atoms with Crippen LogP contribution in [0.15, 0.2) is 11.8 Å². The molecule has 1 N–H and O–H groups in total. The molecule has 0 spiro atoms. The van der Waals surface area contributed by atoms with Crippen LogP contribution in [0.2, 0.25) is 0 Å². The summed E-state index contributed by atoms with van der Waals surface area (Å²) in [6, 6.07) is 0.460. The molecular formula is C16H31NO. The summed E-state index contributed by atoms with van der Waals surface area (Å²) in [4.78, 5) is 0. The molecule has 18 heavy (non-hydrogen) atoms. The molecule has 0 aromatic carbocycles. The molecule has 0 bridgehead atoms. The predicted octanol–water partition coefficient (Wildman–Crippen LogP) is 4.41. The minimum atomic E-state index is 0.460. The molecule has 0 aliphatic carbocycles. The second kappa shape index (κ2) is 10.4. The average molecular weight is 253 g/mol. The molecule has 0 amide bonds. The fourth-order valence-electron chi connectivity index (χ4n) is 2.54. The summed E-state index contributed by atoms with van der Waals surface area (Å²) in [5.41, 5.74) is 0. The first-order chi connectivity index (χ1) is 8.88. The van der Waals surface area contributed by atoms with Crippen molar-refractivity contribution in [3.8, 4) is 0 Å². The maximum absolute atomic E-state index is 5.79. The van der Waals surface area contributed by atoms with Crippen molar-refractivity contribution in [1.82, 2.24) is 5.32 Å². The molecule has 0 saturated carbocycles. The van der Waals surface area contributed by atoms with Crippen LogP contribution in [0.25, 0.3) is 0 Å². The van der Waals surface area contributed by atoms with Gasteiger partial charge in [0.2, 0.25) is 0 Å². The lowest BCUT2D eigenvalue weighted by atomic mass is 10.0. The summed E-state index contributed by atoms with van der Waals surface area (Å²) in [6.45, 7) is 6.39. The first kappa shape index (κ1) is 15.6. The highest BCUT2D eigenvalue weighted by Crippen LogP contribution is 2.18. The zero-order valence-corrected chi connectivity index (χ0v) is 12.3. The van der Waals surface area contributed by atoms with E-state index in [2.05, 4.69) is 25.2 Å². The Morgan fingerprint density at radius 1 is 1.17 bits per heavy atom. The SMILES string of the molecule is CCCCCCCCC(NCC)C1=CCCCO1. The van der Waals surface area contributed by atoms with Gasteiger partial charge >= 0.3 is 0 Å². The van der Waals surface area contributed by atoms with Crippen LogP contribution in [0, 0.1) is 0 Å². The largest absolute Gasteiger partial charge is 0.497 e. The van der Waals surface area contributed by atoms with E-state index in [9.17, 15) is 0 Å². The summed E-state index contributed by atoms with van der Waals surface area (Å²) in [5, 5.41) is 3.56. The van der Waals surface area contributed by atoms with E-state index in [-0.39, 0.29) is 0 Å². The van der Waals surface area contributed by atoms with Crippen LogP contribution in [0.5, 0.6) is 0 Å². The van der Waals surface area contributed by atoms with Crippen LogP contribution in [-0.2, 0) is 4.74 Å². The number of ether oxygens (including phenoxy) is 1. The minimum Gasteiger partial charge on any atom is -0.497 e. The highest BCUT2D eigenvalue weighted by Gasteiger charge is 2.16. The van der Waals surface area contributed by atoms with E-state index in [1.165, 1.54) is 63.5 Å². The van der Waals surface area contributed by atoms with Gasteiger partial charge in [-0.25, -0.2) is 0 Å². The van der Waals surface area contributed by atoms with Crippen molar-refractivity contribution in [2.24, 2.45) is 0 Å². The zero-order valence-electron chi connectivity index (χ0n) is 12.3. The first-order valence-electron chi connectivity index (χ1n) is 7.94. The number of likely N-dealkylation sites (N-methyl/N-ethyl adjacent to an activating group) is 1. The fraction of sp³-hybridized carbons (Fsp3) is 0.875. The number of nitrogens with one attached hydrogen (secondary N) is 1. The van der Waals surface area contributed by atoms with Crippen molar-refractivity contribution in [3.05, 3.63) is 11.8 Å². The molecule has 0 aromatic rings. The van der Waals surface area contributed by atoms with Gasteiger partial charge in [-0.2, -0.15) is 0 Å². The zero-order chi connectivity index (χ0) is 13.1. The smallest absolute Gasteiger partial charge is 0.109 e. The second-order valence-corrected chi connectivity index (χ2v) is 5.26. The van der Waals surface area contributed by atoms with Crippen LogP contribution < -0.4 is 5.32 Å². The third-order valence-corrected chi connectivity index (χ3v) is 3.60. The Hall–Kier alpha value is -0.500. The highest BCUT2D eigenvalue weighted by molar-refractivity contribution is 5.05. The second-order valence-electron chi connectivity index (χ2n) is 5.26. The summed E-state index contributed by atoms with van der Waals surface area (Å²) in [6.07, 6.45) is 14.1. The van der Waals surface area contributed by atoms with E-state index >= 15 is 0 Å². The van der Waals surface area contributed by atoms with Crippen molar-refractivity contribution in [2.45, 2.75) is 77.7 Å². The predicted molar refractivity (Wildman–Crippen MR) is 78.7 cm³/mol. The van der Waals surface area contributed by atoms with Crippen molar-refractivity contribution in [1.29, 1.82) is 0 Å². The van der Waals surface area contributed by atoms with Crippen LogP contribution in [-0.4, -0.2) is 19.2 Å². The molecule has 1 heterocycles. The molecule has 0 fully saturated rings. The molecule has 2 nitrogen and oxygen atoms in total. The van der Waals surface area contributed by atoms with Crippen molar-refractivity contribution >= 4 is 0 Å². The Balaban J connectivity index is 2.19. The molecule has 0 saturated heterocycles. The average Bonchev–Trinajstić information content (AvgIpc) is 2.42. The maximum atomic E-state index is 5.79. The van der Waals surface area contributed by atoms with Gasteiger partial charge < -0.3 is 10.1 Å². The van der Waals surface area contributed by atoms with Crippen LogP contribution in [0.4, 0.5) is 0 Å². The number of hydrogen-bond donors (Lipinski definition) is 1. The minimum absolute atomic E-state index is 0.460. The maximum Gasteiger partial charge on any atom is 0.109 e. The van der Waals surface area contributed by atoms with Gasteiger partial charge in [-0.05, 0) is 31.9 Å². The molecule has 1 aliphatic rings. The number of unbranched alkanes of at least 4 members (excludes halogenated alkanes) is 5. The lowest BCUT2D eigenvalue weighted by molar-refractivity contribution is 0.164. The van der Waals surface area contributed by atoms with Gasteiger partial charge in [0.1, 0.15) is 5.76 Å².